The normalized spacial score (nSPS) is 11.5. The second-order valence-electron chi connectivity index (χ2n) is 7.20. The molecule has 0 aliphatic heterocycles. The first-order valence-electron chi connectivity index (χ1n) is 9.92. The number of benzene rings is 1. The van der Waals surface area contributed by atoms with E-state index in [-0.39, 0.29) is 10.7 Å². The Kier molecular flexibility index (Phi) is 5.24. The highest BCUT2D eigenvalue weighted by Gasteiger charge is 2.17. The molecule has 3 N–H and O–H groups in total. The van der Waals surface area contributed by atoms with E-state index in [1.54, 1.807) is 10.7 Å². The lowest BCUT2D eigenvalue weighted by molar-refractivity contribution is 0.597. The summed E-state index contributed by atoms with van der Waals surface area (Å²) in [6.45, 7) is 0.384. The van der Waals surface area contributed by atoms with E-state index in [1.807, 2.05) is 54.7 Å². The third-order valence-electron chi connectivity index (χ3n) is 4.96. The number of rotatable bonds is 6. The molecule has 0 spiro atoms. The zero-order valence-corrected chi connectivity index (χ0v) is 18.0. The van der Waals surface area contributed by atoms with E-state index in [2.05, 4.69) is 25.6 Å². The molecule has 4 aromatic heterocycles. The fourth-order valence-corrected chi connectivity index (χ4v) is 3.92. The fraction of sp³-hybridized carbons (Fsp3) is 0.0455. The molecule has 164 valence electrons. The van der Waals surface area contributed by atoms with Gasteiger partial charge in [0.05, 0.1) is 12.2 Å². The first kappa shape index (κ1) is 20.7. The molecule has 0 atom stereocenters. The van der Waals surface area contributed by atoms with Gasteiger partial charge in [-0.1, -0.05) is 30.3 Å². The number of hydrogen-bond donors (Lipinski definition) is 2. The number of fused-ring (bicyclic) bond motifs is 1. The molecule has 0 saturated heterocycles. The van der Waals surface area contributed by atoms with E-state index < -0.39 is 10.0 Å². The second kappa shape index (κ2) is 8.37. The van der Waals surface area contributed by atoms with Crippen molar-refractivity contribution in [2.45, 2.75) is 11.4 Å². The summed E-state index contributed by atoms with van der Waals surface area (Å²) in [4.78, 5) is 8.58. The summed E-state index contributed by atoms with van der Waals surface area (Å²) in [5, 5.41) is 21.2. The Bertz CT molecular complexity index is 1540. The molecule has 0 fully saturated rings. The lowest BCUT2D eigenvalue weighted by Gasteiger charge is -2.11. The van der Waals surface area contributed by atoms with Gasteiger partial charge in [0, 0.05) is 35.9 Å². The average Bonchev–Trinajstić information content (AvgIpc) is 3.28. The van der Waals surface area contributed by atoms with Crippen LogP contribution in [0.15, 0.2) is 84.3 Å². The summed E-state index contributed by atoms with van der Waals surface area (Å²) in [6, 6.07) is 16.9. The van der Waals surface area contributed by atoms with Gasteiger partial charge in [0.25, 0.3) is 0 Å². The molecule has 10 nitrogen and oxygen atoms in total. The van der Waals surface area contributed by atoms with E-state index in [9.17, 15) is 8.42 Å². The van der Waals surface area contributed by atoms with Gasteiger partial charge in [-0.2, -0.15) is 10.2 Å². The third-order valence-corrected chi connectivity index (χ3v) is 5.84. The Morgan fingerprint density at radius 2 is 1.85 bits per heavy atom. The zero-order chi connectivity index (χ0) is 22.8. The van der Waals surface area contributed by atoms with Crippen molar-refractivity contribution in [3.05, 3.63) is 85.1 Å². The predicted molar refractivity (Wildman–Crippen MR) is 122 cm³/mol. The number of nitrogens with one attached hydrogen (secondary N) is 1. The molecule has 0 saturated carbocycles. The molecule has 0 bridgehead atoms. The van der Waals surface area contributed by atoms with Gasteiger partial charge in [-0.25, -0.2) is 23.1 Å². The van der Waals surface area contributed by atoms with Crippen molar-refractivity contribution in [1.29, 1.82) is 0 Å². The van der Waals surface area contributed by atoms with Crippen LogP contribution in [0.3, 0.4) is 0 Å². The summed E-state index contributed by atoms with van der Waals surface area (Å²) in [7, 11) is -3.92. The van der Waals surface area contributed by atoms with Crippen LogP contribution in [0, 0.1) is 0 Å². The molecule has 0 aliphatic carbocycles. The van der Waals surface area contributed by atoms with Crippen molar-refractivity contribution >= 4 is 21.4 Å². The molecular formula is C22H18N8O2S. The van der Waals surface area contributed by atoms with Crippen molar-refractivity contribution in [2.24, 2.45) is 5.14 Å². The zero-order valence-electron chi connectivity index (χ0n) is 17.2. The Hall–Kier alpha value is -4.22. The molecule has 0 unspecified atom stereocenters. The molecule has 5 rings (SSSR count). The van der Waals surface area contributed by atoms with E-state index in [0.717, 1.165) is 22.3 Å². The third kappa shape index (κ3) is 4.27. The molecule has 11 heteroatoms. The van der Waals surface area contributed by atoms with Gasteiger partial charge >= 0.3 is 0 Å². The largest absolute Gasteiger partial charge is 0.362 e. The number of pyridine rings is 1. The maximum Gasteiger partial charge on any atom is 0.239 e. The van der Waals surface area contributed by atoms with Gasteiger partial charge in [-0.3, -0.25) is 4.98 Å². The number of sulfonamides is 1. The summed E-state index contributed by atoms with van der Waals surface area (Å²) in [5.74, 6) is 0.841. The quantitative estimate of drug-likeness (QED) is 0.395. The number of anilines is 1. The van der Waals surface area contributed by atoms with Gasteiger partial charge in [-0.05, 0) is 29.8 Å². The Labute approximate surface area is 189 Å². The molecule has 1 aromatic carbocycles. The summed E-state index contributed by atoms with van der Waals surface area (Å²) < 4.78 is 25.3. The number of primary sulfonamides is 1. The lowest BCUT2D eigenvalue weighted by atomic mass is 10.1. The van der Waals surface area contributed by atoms with Gasteiger partial charge < -0.3 is 5.32 Å². The highest BCUT2D eigenvalue weighted by atomic mass is 32.2. The smallest absolute Gasteiger partial charge is 0.239 e. The fourth-order valence-electron chi connectivity index (χ4n) is 3.42. The van der Waals surface area contributed by atoms with Gasteiger partial charge in [0.2, 0.25) is 10.0 Å². The Morgan fingerprint density at radius 3 is 2.61 bits per heavy atom. The van der Waals surface area contributed by atoms with Crippen molar-refractivity contribution in [1.82, 2.24) is 29.8 Å². The summed E-state index contributed by atoms with van der Waals surface area (Å²) in [6.07, 6.45) is 6.11. The Morgan fingerprint density at radius 1 is 1.00 bits per heavy atom. The minimum absolute atomic E-state index is 0.116. The average molecular weight is 459 g/mol. The Balaban J connectivity index is 1.65. The molecule has 4 heterocycles. The van der Waals surface area contributed by atoms with Crippen molar-refractivity contribution in [3.8, 4) is 22.5 Å². The predicted octanol–water partition coefficient (Wildman–Crippen LogP) is 2.51. The minimum Gasteiger partial charge on any atom is -0.362 e. The van der Waals surface area contributed by atoms with Crippen molar-refractivity contribution in [3.63, 3.8) is 0 Å². The summed E-state index contributed by atoms with van der Waals surface area (Å²) in [5.41, 5.74) is 3.88. The highest BCUT2D eigenvalue weighted by Crippen LogP contribution is 2.31. The van der Waals surface area contributed by atoms with Crippen LogP contribution < -0.4 is 10.5 Å². The molecular weight excluding hydrogens is 440 g/mol. The van der Waals surface area contributed by atoms with Crippen LogP contribution in [0.4, 0.5) is 5.82 Å². The number of nitrogens with zero attached hydrogens (tertiary/aromatic N) is 6. The number of aromatic nitrogens is 6. The maximum absolute atomic E-state index is 11.8. The maximum atomic E-state index is 11.8. The van der Waals surface area contributed by atoms with E-state index >= 15 is 0 Å². The molecule has 0 radical (unpaired) electrons. The number of nitrogens with two attached hydrogens (primary N) is 1. The first-order chi connectivity index (χ1) is 16.0. The van der Waals surface area contributed by atoms with E-state index in [4.69, 9.17) is 10.1 Å². The van der Waals surface area contributed by atoms with Crippen LogP contribution >= 0.6 is 0 Å². The second-order valence-corrected chi connectivity index (χ2v) is 8.76. The molecule has 5 aromatic rings. The highest BCUT2D eigenvalue weighted by molar-refractivity contribution is 7.89. The van der Waals surface area contributed by atoms with Crippen LogP contribution in [0.2, 0.25) is 0 Å². The molecule has 0 amide bonds. The van der Waals surface area contributed by atoms with Crippen LogP contribution in [0.25, 0.3) is 28.0 Å². The topological polar surface area (TPSA) is 141 Å². The monoisotopic (exact) mass is 458 g/mol. The lowest BCUT2D eigenvalue weighted by Crippen LogP contribution is -2.13. The van der Waals surface area contributed by atoms with Crippen molar-refractivity contribution < 1.29 is 8.42 Å². The number of hydrogen-bond acceptors (Lipinski definition) is 8. The SMILES string of the molecule is NS(=O)(=O)c1cncc(-c2nc(NCc3cccnn3)c3c(-c4ccccc4)ccn3n2)c1. The van der Waals surface area contributed by atoms with Crippen LogP contribution in [-0.4, -0.2) is 38.2 Å². The van der Waals surface area contributed by atoms with Gasteiger partial charge in [0.15, 0.2) is 11.6 Å². The van der Waals surface area contributed by atoms with Crippen LogP contribution in [0.1, 0.15) is 5.69 Å². The minimum atomic E-state index is -3.92. The van der Waals surface area contributed by atoms with Gasteiger partial charge in [-0.15, -0.1) is 5.10 Å². The van der Waals surface area contributed by atoms with Crippen LogP contribution in [-0.2, 0) is 16.6 Å². The van der Waals surface area contributed by atoms with E-state index in [1.165, 1.54) is 18.5 Å². The summed E-state index contributed by atoms with van der Waals surface area (Å²) >= 11 is 0. The first-order valence-corrected chi connectivity index (χ1v) is 11.5. The van der Waals surface area contributed by atoms with Crippen LogP contribution in [0.5, 0.6) is 0 Å². The van der Waals surface area contributed by atoms with Crippen molar-refractivity contribution in [2.75, 3.05) is 5.32 Å². The molecule has 33 heavy (non-hydrogen) atoms. The van der Waals surface area contributed by atoms with E-state index in [0.29, 0.717) is 17.9 Å². The standard InChI is InChI=1S/C22H18N8O2S/c23-33(31,32)18-11-16(12-24-14-18)21-27-22(25-13-17-7-4-9-26-28-17)20-19(8-10-30(20)29-21)15-5-2-1-3-6-15/h1-12,14H,13H2,(H2,23,31,32)(H,25,27,29). The molecule has 0 aliphatic rings. The van der Waals surface area contributed by atoms with Gasteiger partial charge in [0.1, 0.15) is 10.4 Å².